The zero-order valence-electron chi connectivity index (χ0n) is 12.7. The molecule has 0 aromatic rings. The van der Waals surface area contributed by atoms with Gasteiger partial charge in [0.25, 0.3) is 0 Å². The monoisotopic (exact) mass is 341 g/mol. The summed E-state index contributed by atoms with van der Waals surface area (Å²) in [4.78, 5) is 27.6. The van der Waals surface area contributed by atoms with E-state index in [1.807, 2.05) is 4.90 Å². The molecule has 2 saturated carbocycles. The molecule has 3 aliphatic rings. The largest absolute Gasteiger partial charge is 0.342 e. The minimum atomic E-state index is -0.532. The highest BCUT2D eigenvalue weighted by molar-refractivity contribution is 9.10. The number of alkyl halides is 1. The van der Waals surface area contributed by atoms with Crippen molar-refractivity contribution < 1.29 is 9.59 Å². The van der Waals surface area contributed by atoms with Crippen molar-refractivity contribution in [3.63, 3.8) is 0 Å². The van der Waals surface area contributed by atoms with Crippen molar-refractivity contribution in [2.24, 2.45) is 16.2 Å². The lowest BCUT2D eigenvalue weighted by Crippen LogP contribution is -2.53. The van der Waals surface area contributed by atoms with Crippen LogP contribution in [0.2, 0.25) is 0 Å². The normalized spacial score (nSPS) is 43.1. The molecule has 3 rings (SSSR count). The number of rotatable bonds is 1. The third kappa shape index (κ3) is 1.42. The molecule has 3 fully saturated rings. The highest BCUT2D eigenvalue weighted by Gasteiger charge is 2.77. The van der Waals surface area contributed by atoms with Crippen LogP contribution in [-0.2, 0) is 9.59 Å². The van der Waals surface area contributed by atoms with Crippen molar-refractivity contribution in [2.75, 3.05) is 13.1 Å². The molecule has 4 heteroatoms. The number of ketones is 1. The third-order valence-corrected chi connectivity index (χ3v) is 7.94. The summed E-state index contributed by atoms with van der Waals surface area (Å²) in [5.41, 5.74) is -1.15. The number of nitrogens with zero attached hydrogens (tertiary/aromatic N) is 1. The Bertz CT molecular complexity index is 469. The number of hydrogen-bond donors (Lipinski definition) is 0. The molecule has 2 bridgehead atoms. The summed E-state index contributed by atoms with van der Waals surface area (Å²) in [5.74, 6) is 0.456. The first-order chi connectivity index (χ1) is 9.29. The molecule has 3 nitrogen and oxygen atoms in total. The maximum Gasteiger partial charge on any atom is 0.230 e. The van der Waals surface area contributed by atoms with Crippen molar-refractivity contribution in [2.45, 2.75) is 57.7 Å². The number of carbonyl (C=O) groups excluding carboxylic acids is 2. The molecule has 0 aromatic carbocycles. The molecule has 0 spiro atoms. The fourth-order valence-electron chi connectivity index (χ4n) is 4.80. The van der Waals surface area contributed by atoms with E-state index in [0.29, 0.717) is 0 Å². The highest BCUT2D eigenvalue weighted by Crippen LogP contribution is 2.72. The minimum Gasteiger partial charge on any atom is -0.342 e. The van der Waals surface area contributed by atoms with E-state index in [1.54, 1.807) is 0 Å². The zero-order valence-corrected chi connectivity index (χ0v) is 14.3. The summed E-state index contributed by atoms with van der Waals surface area (Å²) >= 11 is 3.60. The van der Waals surface area contributed by atoms with Crippen molar-refractivity contribution in [3.8, 4) is 0 Å². The molecule has 1 saturated heterocycles. The van der Waals surface area contributed by atoms with Crippen LogP contribution in [0, 0.1) is 16.2 Å². The SMILES string of the molecule is CC1(C)[C@@]2(C)CC[C@@]1(C(=O)N1CCCCC1)[C@H](Br)C2=O. The predicted molar refractivity (Wildman–Crippen MR) is 81.7 cm³/mol. The first-order valence-electron chi connectivity index (χ1n) is 7.77. The van der Waals surface area contributed by atoms with Gasteiger partial charge in [0.1, 0.15) is 0 Å². The van der Waals surface area contributed by atoms with E-state index >= 15 is 0 Å². The van der Waals surface area contributed by atoms with Crippen LogP contribution in [0.1, 0.15) is 52.9 Å². The molecular weight excluding hydrogens is 318 g/mol. The molecule has 0 radical (unpaired) electrons. The molecule has 2 aliphatic carbocycles. The Morgan fingerprint density at radius 3 is 2.25 bits per heavy atom. The van der Waals surface area contributed by atoms with Crippen molar-refractivity contribution in [1.82, 2.24) is 4.90 Å². The van der Waals surface area contributed by atoms with Gasteiger partial charge in [-0.1, -0.05) is 36.7 Å². The first-order valence-corrected chi connectivity index (χ1v) is 8.68. The van der Waals surface area contributed by atoms with Crippen LogP contribution in [0.15, 0.2) is 0 Å². The van der Waals surface area contributed by atoms with Crippen molar-refractivity contribution >= 4 is 27.6 Å². The number of fused-ring (bicyclic) bond motifs is 2. The van der Waals surface area contributed by atoms with Crippen LogP contribution in [-0.4, -0.2) is 34.5 Å². The quantitative estimate of drug-likeness (QED) is 0.687. The van der Waals surface area contributed by atoms with Crippen LogP contribution in [0.5, 0.6) is 0 Å². The first kappa shape index (κ1) is 14.6. The van der Waals surface area contributed by atoms with Crippen LogP contribution in [0.25, 0.3) is 0 Å². The van der Waals surface area contributed by atoms with Crippen LogP contribution in [0.3, 0.4) is 0 Å². The number of halogens is 1. The highest BCUT2D eigenvalue weighted by atomic mass is 79.9. The smallest absolute Gasteiger partial charge is 0.230 e. The lowest BCUT2D eigenvalue weighted by Gasteiger charge is -2.43. The Hall–Kier alpha value is -0.380. The van der Waals surface area contributed by atoms with Crippen LogP contribution < -0.4 is 0 Å². The Morgan fingerprint density at radius 2 is 1.75 bits per heavy atom. The molecule has 0 aromatic heterocycles. The van der Waals surface area contributed by atoms with E-state index in [0.717, 1.165) is 38.8 Å². The number of carbonyl (C=O) groups is 2. The molecule has 1 aliphatic heterocycles. The van der Waals surface area contributed by atoms with E-state index in [9.17, 15) is 9.59 Å². The average molecular weight is 342 g/mol. The number of Topliss-reactive ketones (excluding diaryl/α,β-unsaturated/α-hetero) is 1. The summed E-state index contributed by atoms with van der Waals surface area (Å²) in [6, 6.07) is 0. The number of likely N-dealkylation sites (tertiary alicyclic amines) is 1. The van der Waals surface area contributed by atoms with Gasteiger partial charge in [0.2, 0.25) is 5.91 Å². The lowest BCUT2D eigenvalue weighted by atomic mass is 9.64. The Kier molecular flexibility index (Phi) is 3.14. The Morgan fingerprint density at radius 1 is 1.15 bits per heavy atom. The Balaban J connectivity index is 2.02. The minimum absolute atomic E-state index is 0.221. The molecule has 1 heterocycles. The van der Waals surface area contributed by atoms with Gasteiger partial charge in [-0.3, -0.25) is 9.59 Å². The number of hydrogen-bond acceptors (Lipinski definition) is 2. The lowest BCUT2D eigenvalue weighted by molar-refractivity contribution is -0.148. The molecule has 0 N–H and O–H groups in total. The molecular formula is C16H24BrNO2. The fourth-order valence-corrected chi connectivity index (χ4v) is 6.31. The Labute approximate surface area is 129 Å². The second-order valence-corrected chi connectivity index (χ2v) is 8.42. The van der Waals surface area contributed by atoms with E-state index in [-0.39, 0.29) is 27.3 Å². The van der Waals surface area contributed by atoms with Gasteiger partial charge >= 0.3 is 0 Å². The molecule has 3 atom stereocenters. The standard InChI is InChI=1S/C16H24BrNO2/c1-14(2)15(3)7-8-16(14,11(17)12(15)19)13(20)18-9-5-4-6-10-18/h11H,4-10H2,1-3H3/t11-,15+,16+/m1/s1. The van der Waals surface area contributed by atoms with Crippen molar-refractivity contribution in [3.05, 3.63) is 0 Å². The summed E-state index contributed by atoms with van der Waals surface area (Å²) < 4.78 is 0. The second-order valence-electron chi connectivity index (χ2n) is 7.51. The number of amides is 1. The third-order valence-electron chi connectivity index (χ3n) is 6.75. The topological polar surface area (TPSA) is 37.4 Å². The molecule has 1 amide bonds. The van der Waals surface area contributed by atoms with E-state index in [1.165, 1.54) is 6.42 Å². The van der Waals surface area contributed by atoms with Gasteiger partial charge in [-0.05, 0) is 37.5 Å². The molecule has 20 heavy (non-hydrogen) atoms. The summed E-state index contributed by atoms with van der Waals surface area (Å²) in [7, 11) is 0. The number of piperidine rings is 1. The predicted octanol–water partition coefficient (Wildman–Crippen LogP) is 3.16. The van der Waals surface area contributed by atoms with E-state index in [4.69, 9.17) is 0 Å². The van der Waals surface area contributed by atoms with E-state index in [2.05, 4.69) is 36.7 Å². The van der Waals surface area contributed by atoms with Gasteiger partial charge in [0.15, 0.2) is 5.78 Å². The van der Waals surface area contributed by atoms with Gasteiger partial charge < -0.3 is 4.90 Å². The van der Waals surface area contributed by atoms with Crippen molar-refractivity contribution in [1.29, 1.82) is 0 Å². The van der Waals surface area contributed by atoms with Gasteiger partial charge in [-0.25, -0.2) is 0 Å². The maximum atomic E-state index is 13.2. The maximum absolute atomic E-state index is 13.2. The fraction of sp³-hybridized carbons (Fsp3) is 0.875. The second kappa shape index (κ2) is 4.31. The van der Waals surface area contributed by atoms with Crippen LogP contribution >= 0.6 is 15.9 Å². The van der Waals surface area contributed by atoms with Gasteiger partial charge in [0, 0.05) is 18.5 Å². The summed E-state index contributed by atoms with van der Waals surface area (Å²) in [6.45, 7) is 8.03. The summed E-state index contributed by atoms with van der Waals surface area (Å²) in [5, 5.41) is 0. The van der Waals surface area contributed by atoms with Gasteiger partial charge in [0.05, 0.1) is 10.2 Å². The van der Waals surface area contributed by atoms with Gasteiger partial charge in [-0.2, -0.15) is 0 Å². The van der Waals surface area contributed by atoms with E-state index < -0.39 is 5.41 Å². The van der Waals surface area contributed by atoms with Crippen LogP contribution in [0.4, 0.5) is 0 Å². The zero-order chi connectivity index (χ0) is 14.8. The molecule has 112 valence electrons. The van der Waals surface area contributed by atoms with Gasteiger partial charge in [-0.15, -0.1) is 0 Å². The summed E-state index contributed by atoms with van der Waals surface area (Å²) in [6.07, 6.45) is 5.10. The molecule has 0 unspecified atom stereocenters. The average Bonchev–Trinajstić information content (AvgIpc) is 2.71.